The summed E-state index contributed by atoms with van der Waals surface area (Å²) in [5.74, 6) is -1.54. The Balaban J connectivity index is 1.85. The van der Waals surface area contributed by atoms with E-state index in [0.29, 0.717) is 12.2 Å². The molecular weight excluding hydrogens is 320 g/mol. The molecule has 1 aliphatic carbocycles. The van der Waals surface area contributed by atoms with Crippen molar-refractivity contribution < 1.29 is 19.8 Å². The fourth-order valence-electron chi connectivity index (χ4n) is 2.92. The number of carboxylic acids is 1. The van der Waals surface area contributed by atoms with Gasteiger partial charge in [-0.2, -0.15) is 0 Å². The van der Waals surface area contributed by atoms with E-state index in [1.165, 1.54) is 24.5 Å². The first-order valence-corrected chi connectivity index (χ1v) is 8.69. The Labute approximate surface area is 147 Å². The highest BCUT2D eigenvalue weighted by atomic mass is 16.4. The second kappa shape index (κ2) is 9.22. The first-order chi connectivity index (χ1) is 12.0. The van der Waals surface area contributed by atoms with Crippen molar-refractivity contribution >= 4 is 17.6 Å². The number of nitrogens with one attached hydrogen (secondary N) is 2. The third kappa shape index (κ3) is 6.23. The second-order valence-corrected chi connectivity index (χ2v) is 6.48. The lowest BCUT2D eigenvalue weighted by Gasteiger charge is -2.17. The lowest BCUT2D eigenvalue weighted by Crippen LogP contribution is -2.40. The number of aryl methyl sites for hydroxylation is 1. The SMILES string of the molecule is Cc1ccc(O)c(NC(=O)C[C@@H](NCCC2=CCCCC2)C(=O)O)c1. The van der Waals surface area contributed by atoms with E-state index < -0.39 is 17.9 Å². The molecule has 0 aliphatic heterocycles. The van der Waals surface area contributed by atoms with E-state index in [-0.39, 0.29) is 12.2 Å². The number of allylic oxidation sites excluding steroid dienone is 1. The number of carbonyl (C=O) groups is 2. The summed E-state index contributed by atoms with van der Waals surface area (Å²) in [6, 6.07) is 3.92. The predicted octanol–water partition coefficient (Wildman–Crippen LogP) is 2.96. The van der Waals surface area contributed by atoms with Gasteiger partial charge in [0.05, 0.1) is 12.1 Å². The molecule has 0 radical (unpaired) electrons. The molecule has 136 valence electrons. The molecule has 6 nitrogen and oxygen atoms in total. The summed E-state index contributed by atoms with van der Waals surface area (Å²) in [7, 11) is 0. The molecule has 0 spiro atoms. The fraction of sp³-hybridized carbons (Fsp3) is 0.474. The highest BCUT2D eigenvalue weighted by Gasteiger charge is 2.21. The number of carbonyl (C=O) groups excluding carboxylic acids is 1. The third-order valence-electron chi connectivity index (χ3n) is 4.34. The van der Waals surface area contributed by atoms with E-state index in [2.05, 4.69) is 16.7 Å². The zero-order chi connectivity index (χ0) is 18.2. The van der Waals surface area contributed by atoms with Crippen LogP contribution >= 0.6 is 0 Å². The van der Waals surface area contributed by atoms with Crippen molar-refractivity contribution in [1.82, 2.24) is 5.32 Å². The molecule has 0 unspecified atom stereocenters. The molecule has 4 N–H and O–H groups in total. The summed E-state index contributed by atoms with van der Waals surface area (Å²) in [5, 5.41) is 24.6. The number of aromatic hydroxyl groups is 1. The van der Waals surface area contributed by atoms with Crippen LogP contribution in [-0.4, -0.2) is 34.7 Å². The molecule has 2 rings (SSSR count). The third-order valence-corrected chi connectivity index (χ3v) is 4.34. The molecule has 25 heavy (non-hydrogen) atoms. The van der Waals surface area contributed by atoms with Crippen molar-refractivity contribution in [3.8, 4) is 5.75 Å². The highest BCUT2D eigenvalue weighted by Crippen LogP contribution is 2.24. The van der Waals surface area contributed by atoms with Gasteiger partial charge in [-0.15, -0.1) is 0 Å². The van der Waals surface area contributed by atoms with Gasteiger partial charge in [0.25, 0.3) is 0 Å². The summed E-state index contributed by atoms with van der Waals surface area (Å²) in [6.45, 7) is 2.38. The number of amides is 1. The summed E-state index contributed by atoms with van der Waals surface area (Å²) in [6.07, 6.45) is 7.43. The molecule has 0 saturated carbocycles. The van der Waals surface area contributed by atoms with Gasteiger partial charge in [-0.25, -0.2) is 0 Å². The molecule has 1 atom stereocenters. The Bertz CT molecular complexity index is 655. The van der Waals surface area contributed by atoms with Crippen LogP contribution in [0.5, 0.6) is 5.75 Å². The fourth-order valence-corrected chi connectivity index (χ4v) is 2.92. The van der Waals surface area contributed by atoms with E-state index in [0.717, 1.165) is 24.8 Å². The molecule has 1 aromatic rings. The minimum Gasteiger partial charge on any atom is -0.506 e. The van der Waals surface area contributed by atoms with Crippen molar-refractivity contribution in [3.05, 3.63) is 35.4 Å². The van der Waals surface area contributed by atoms with Crippen LogP contribution in [-0.2, 0) is 9.59 Å². The molecule has 6 heteroatoms. The zero-order valence-corrected chi connectivity index (χ0v) is 14.5. The average Bonchev–Trinajstić information content (AvgIpc) is 2.58. The summed E-state index contributed by atoms with van der Waals surface area (Å²) < 4.78 is 0. The average molecular weight is 346 g/mol. The maximum absolute atomic E-state index is 12.1. The van der Waals surface area contributed by atoms with E-state index in [4.69, 9.17) is 0 Å². The number of benzene rings is 1. The van der Waals surface area contributed by atoms with Crippen LogP contribution in [0.3, 0.4) is 0 Å². The van der Waals surface area contributed by atoms with Crippen LogP contribution in [0.2, 0.25) is 0 Å². The molecule has 0 fully saturated rings. The summed E-state index contributed by atoms with van der Waals surface area (Å²) in [5.41, 5.74) is 2.54. The monoisotopic (exact) mass is 346 g/mol. The molecule has 1 aromatic carbocycles. The number of phenols is 1. The van der Waals surface area contributed by atoms with Crippen LogP contribution in [0.15, 0.2) is 29.8 Å². The normalized spacial score (nSPS) is 15.3. The van der Waals surface area contributed by atoms with E-state index in [1.807, 2.05) is 6.92 Å². The van der Waals surface area contributed by atoms with Crippen LogP contribution < -0.4 is 10.6 Å². The van der Waals surface area contributed by atoms with Gasteiger partial charge in [0, 0.05) is 0 Å². The first kappa shape index (κ1) is 19.0. The Morgan fingerprint density at radius 2 is 2.08 bits per heavy atom. The number of rotatable bonds is 8. The number of hydrogen-bond donors (Lipinski definition) is 4. The minimum absolute atomic E-state index is 0.0389. The molecule has 0 aromatic heterocycles. The number of hydrogen-bond acceptors (Lipinski definition) is 4. The summed E-state index contributed by atoms with van der Waals surface area (Å²) in [4.78, 5) is 23.5. The number of carboxylic acid groups (broad SMARTS) is 1. The van der Waals surface area contributed by atoms with Crippen molar-refractivity contribution in [2.24, 2.45) is 0 Å². The number of phenolic OH excluding ortho intramolecular Hbond substituents is 1. The van der Waals surface area contributed by atoms with Crippen LogP contribution in [0, 0.1) is 6.92 Å². The van der Waals surface area contributed by atoms with Crippen LogP contribution in [0.4, 0.5) is 5.69 Å². The van der Waals surface area contributed by atoms with Gasteiger partial charge in [0.15, 0.2) is 0 Å². The first-order valence-electron chi connectivity index (χ1n) is 8.69. The predicted molar refractivity (Wildman–Crippen MR) is 96.7 cm³/mol. The molecule has 1 aliphatic rings. The molecule has 0 saturated heterocycles. The topological polar surface area (TPSA) is 98.7 Å². The largest absolute Gasteiger partial charge is 0.506 e. The molecule has 1 amide bonds. The van der Waals surface area contributed by atoms with Gasteiger partial charge >= 0.3 is 5.97 Å². The van der Waals surface area contributed by atoms with E-state index in [9.17, 15) is 19.8 Å². The molecular formula is C19H26N2O4. The van der Waals surface area contributed by atoms with Gasteiger partial charge in [0.1, 0.15) is 11.8 Å². The van der Waals surface area contributed by atoms with Crippen LogP contribution in [0.25, 0.3) is 0 Å². The quantitative estimate of drug-likeness (QED) is 0.428. The molecule has 0 heterocycles. The van der Waals surface area contributed by atoms with Crippen molar-refractivity contribution in [2.75, 3.05) is 11.9 Å². The van der Waals surface area contributed by atoms with Gasteiger partial charge in [-0.3, -0.25) is 9.59 Å². The van der Waals surface area contributed by atoms with E-state index in [1.54, 1.807) is 12.1 Å². The second-order valence-electron chi connectivity index (χ2n) is 6.48. The lowest BCUT2D eigenvalue weighted by molar-refractivity contribution is -0.141. The summed E-state index contributed by atoms with van der Waals surface area (Å²) >= 11 is 0. The lowest BCUT2D eigenvalue weighted by atomic mass is 9.97. The Morgan fingerprint density at radius 3 is 2.76 bits per heavy atom. The maximum atomic E-state index is 12.1. The highest BCUT2D eigenvalue weighted by molar-refractivity contribution is 5.95. The van der Waals surface area contributed by atoms with Gasteiger partial charge in [0.2, 0.25) is 5.91 Å². The zero-order valence-electron chi connectivity index (χ0n) is 14.5. The van der Waals surface area contributed by atoms with Crippen LogP contribution in [0.1, 0.15) is 44.1 Å². The minimum atomic E-state index is -1.05. The van der Waals surface area contributed by atoms with Crippen molar-refractivity contribution in [3.63, 3.8) is 0 Å². The Hall–Kier alpha value is -2.34. The smallest absolute Gasteiger partial charge is 0.321 e. The van der Waals surface area contributed by atoms with Gasteiger partial charge in [-0.05, 0) is 63.3 Å². The van der Waals surface area contributed by atoms with Crippen molar-refractivity contribution in [2.45, 2.75) is 51.5 Å². The number of aliphatic carboxylic acids is 1. The maximum Gasteiger partial charge on any atom is 0.321 e. The number of anilines is 1. The van der Waals surface area contributed by atoms with Gasteiger partial charge in [-0.1, -0.05) is 17.7 Å². The standard InChI is InChI=1S/C19H26N2O4/c1-13-7-8-17(22)15(11-13)21-18(23)12-16(19(24)25)20-10-9-14-5-3-2-4-6-14/h5,7-8,11,16,20,22H,2-4,6,9-10,12H2,1H3,(H,21,23)(H,24,25)/t16-/m1/s1. The van der Waals surface area contributed by atoms with E-state index >= 15 is 0 Å². The van der Waals surface area contributed by atoms with Gasteiger partial charge < -0.3 is 20.8 Å². The Morgan fingerprint density at radius 1 is 1.28 bits per heavy atom. The van der Waals surface area contributed by atoms with Crippen molar-refractivity contribution in [1.29, 1.82) is 0 Å². The molecule has 0 bridgehead atoms. The Kier molecular flexibility index (Phi) is 7.01.